The van der Waals surface area contributed by atoms with Crippen molar-refractivity contribution in [2.75, 3.05) is 19.7 Å². The maximum absolute atomic E-state index is 5.89. The Morgan fingerprint density at radius 3 is 3.00 bits per heavy atom. The second-order valence-corrected chi connectivity index (χ2v) is 6.06. The Kier molecular flexibility index (Phi) is 3.35. The van der Waals surface area contributed by atoms with Crippen molar-refractivity contribution in [3.8, 4) is 5.75 Å². The molecule has 5 nitrogen and oxygen atoms in total. The van der Waals surface area contributed by atoms with Crippen LogP contribution in [0.15, 0.2) is 36.8 Å². The molecule has 4 rings (SSSR count). The van der Waals surface area contributed by atoms with E-state index in [1.807, 2.05) is 18.3 Å². The molecule has 0 unspecified atom stereocenters. The Labute approximate surface area is 124 Å². The van der Waals surface area contributed by atoms with Crippen molar-refractivity contribution >= 4 is 0 Å². The monoisotopic (exact) mass is 284 g/mol. The highest BCUT2D eigenvalue weighted by Crippen LogP contribution is 2.32. The molecule has 0 saturated heterocycles. The molecule has 0 bridgehead atoms. The second-order valence-electron chi connectivity index (χ2n) is 6.06. The zero-order chi connectivity index (χ0) is 14.1. The van der Waals surface area contributed by atoms with Crippen molar-refractivity contribution in [2.24, 2.45) is 5.92 Å². The average molecular weight is 284 g/mol. The zero-order valence-corrected chi connectivity index (χ0v) is 12.1. The first kappa shape index (κ1) is 12.8. The predicted molar refractivity (Wildman–Crippen MR) is 79.0 cm³/mol. The van der Waals surface area contributed by atoms with Gasteiger partial charge in [0.2, 0.25) is 0 Å². The topological polar surface area (TPSA) is 43.2 Å². The predicted octanol–water partition coefficient (Wildman–Crippen LogP) is 2.12. The maximum Gasteiger partial charge on any atom is 0.137 e. The second kappa shape index (κ2) is 5.48. The lowest BCUT2D eigenvalue weighted by molar-refractivity contribution is 0.128. The van der Waals surface area contributed by atoms with Gasteiger partial charge < -0.3 is 4.74 Å². The molecule has 0 amide bonds. The highest BCUT2D eigenvalue weighted by Gasteiger charge is 2.30. The van der Waals surface area contributed by atoms with Crippen molar-refractivity contribution in [2.45, 2.75) is 25.4 Å². The minimum atomic E-state index is 0.280. The van der Waals surface area contributed by atoms with E-state index in [1.165, 1.54) is 25.1 Å². The fraction of sp³-hybridized carbons (Fsp3) is 0.500. The molecule has 2 aromatic heterocycles. The molecule has 1 fully saturated rings. The van der Waals surface area contributed by atoms with Crippen molar-refractivity contribution in [3.05, 3.63) is 42.5 Å². The summed E-state index contributed by atoms with van der Waals surface area (Å²) in [6.45, 7) is 3.89. The van der Waals surface area contributed by atoms with E-state index < -0.39 is 0 Å². The van der Waals surface area contributed by atoms with Gasteiger partial charge in [-0.2, -0.15) is 5.10 Å². The number of hydrogen-bond acceptors (Lipinski definition) is 4. The Balaban J connectivity index is 1.45. The Morgan fingerprint density at radius 2 is 2.19 bits per heavy atom. The van der Waals surface area contributed by atoms with E-state index in [-0.39, 0.29) is 6.04 Å². The summed E-state index contributed by atoms with van der Waals surface area (Å²) >= 11 is 0. The molecule has 2 aliphatic rings. The van der Waals surface area contributed by atoms with Gasteiger partial charge in [-0.15, -0.1) is 0 Å². The minimum Gasteiger partial charge on any atom is -0.490 e. The van der Waals surface area contributed by atoms with Crippen LogP contribution in [0.1, 0.15) is 24.6 Å². The van der Waals surface area contributed by atoms with Crippen LogP contribution in [0.3, 0.4) is 0 Å². The molecule has 5 heteroatoms. The summed E-state index contributed by atoms with van der Waals surface area (Å²) in [5.74, 6) is 1.74. The lowest BCUT2D eigenvalue weighted by atomic mass is 10.2. The van der Waals surface area contributed by atoms with Crippen LogP contribution in [-0.4, -0.2) is 39.4 Å². The van der Waals surface area contributed by atoms with Crippen molar-refractivity contribution in [1.29, 1.82) is 0 Å². The molecule has 1 atom stereocenters. The SMILES string of the molecule is c1cncc(OC[C@H]2CN(CC3CC3)Cc3ccnn32)c1. The number of hydrogen-bond donors (Lipinski definition) is 0. The molecule has 1 aliphatic heterocycles. The average Bonchev–Trinajstić information content (AvgIpc) is 3.20. The van der Waals surface area contributed by atoms with Crippen molar-refractivity contribution in [3.63, 3.8) is 0 Å². The Morgan fingerprint density at radius 1 is 1.24 bits per heavy atom. The van der Waals surface area contributed by atoms with E-state index in [1.54, 1.807) is 12.4 Å². The van der Waals surface area contributed by atoms with Crippen molar-refractivity contribution in [1.82, 2.24) is 19.7 Å². The molecule has 0 radical (unpaired) electrons. The third kappa shape index (κ3) is 2.93. The van der Waals surface area contributed by atoms with Gasteiger partial charge in [0.15, 0.2) is 0 Å². The van der Waals surface area contributed by atoms with E-state index in [4.69, 9.17) is 4.74 Å². The smallest absolute Gasteiger partial charge is 0.137 e. The van der Waals surface area contributed by atoms with Crippen LogP contribution in [-0.2, 0) is 6.54 Å². The lowest BCUT2D eigenvalue weighted by Crippen LogP contribution is -2.40. The maximum atomic E-state index is 5.89. The summed E-state index contributed by atoms with van der Waals surface area (Å²) in [7, 11) is 0. The third-order valence-electron chi connectivity index (χ3n) is 4.24. The first-order valence-corrected chi connectivity index (χ1v) is 7.66. The molecule has 0 spiro atoms. The van der Waals surface area contributed by atoms with Crippen LogP contribution in [0.4, 0.5) is 0 Å². The zero-order valence-electron chi connectivity index (χ0n) is 12.1. The largest absolute Gasteiger partial charge is 0.490 e. The highest BCUT2D eigenvalue weighted by atomic mass is 16.5. The van der Waals surface area contributed by atoms with Crippen LogP contribution in [0, 0.1) is 5.92 Å². The molecule has 110 valence electrons. The first-order valence-electron chi connectivity index (χ1n) is 7.66. The number of fused-ring (bicyclic) bond motifs is 1. The summed E-state index contributed by atoms with van der Waals surface area (Å²) in [5.41, 5.74) is 1.29. The number of ether oxygens (including phenoxy) is 1. The molecule has 21 heavy (non-hydrogen) atoms. The molecule has 0 aromatic carbocycles. The van der Waals surface area contributed by atoms with Gasteiger partial charge in [0.25, 0.3) is 0 Å². The quantitative estimate of drug-likeness (QED) is 0.843. The van der Waals surface area contributed by atoms with E-state index in [0.29, 0.717) is 6.61 Å². The van der Waals surface area contributed by atoms with Gasteiger partial charge in [0.05, 0.1) is 17.9 Å². The molecule has 2 aromatic rings. The van der Waals surface area contributed by atoms with Crippen LogP contribution >= 0.6 is 0 Å². The summed E-state index contributed by atoms with van der Waals surface area (Å²) in [6, 6.07) is 6.25. The summed E-state index contributed by atoms with van der Waals surface area (Å²) < 4.78 is 8.02. The minimum absolute atomic E-state index is 0.280. The number of nitrogens with zero attached hydrogens (tertiary/aromatic N) is 4. The van der Waals surface area contributed by atoms with Crippen LogP contribution < -0.4 is 4.74 Å². The molecular formula is C16H20N4O. The highest BCUT2D eigenvalue weighted by molar-refractivity contribution is 5.15. The van der Waals surface area contributed by atoms with Gasteiger partial charge in [-0.05, 0) is 37.0 Å². The fourth-order valence-corrected chi connectivity index (χ4v) is 3.02. The summed E-state index contributed by atoms with van der Waals surface area (Å²) in [5, 5.41) is 4.47. The van der Waals surface area contributed by atoms with Gasteiger partial charge >= 0.3 is 0 Å². The molecule has 3 heterocycles. The Bertz CT molecular complexity index is 593. The van der Waals surface area contributed by atoms with E-state index in [2.05, 4.69) is 25.7 Å². The summed E-state index contributed by atoms with van der Waals surface area (Å²) in [6.07, 6.45) is 8.21. The molecule has 1 saturated carbocycles. The summed E-state index contributed by atoms with van der Waals surface area (Å²) in [4.78, 5) is 6.64. The molecule has 0 N–H and O–H groups in total. The molecule has 1 aliphatic carbocycles. The van der Waals surface area contributed by atoms with Gasteiger partial charge in [-0.3, -0.25) is 14.6 Å². The number of rotatable bonds is 5. The number of pyridine rings is 1. The molecular weight excluding hydrogens is 264 g/mol. The third-order valence-corrected chi connectivity index (χ3v) is 4.24. The van der Waals surface area contributed by atoms with Crippen LogP contribution in [0.5, 0.6) is 5.75 Å². The van der Waals surface area contributed by atoms with Crippen LogP contribution in [0.2, 0.25) is 0 Å². The standard InChI is InChI=1S/C16H20N4O/c1-2-16(8-17-6-1)21-12-15-11-19(9-13-3-4-13)10-14-5-7-18-20(14)15/h1-2,5-8,13,15H,3-4,9-12H2/t15-/m1/s1. The van der Waals surface area contributed by atoms with E-state index in [9.17, 15) is 0 Å². The number of aromatic nitrogens is 3. The van der Waals surface area contributed by atoms with Crippen LogP contribution in [0.25, 0.3) is 0 Å². The fourth-order valence-electron chi connectivity index (χ4n) is 3.02. The van der Waals surface area contributed by atoms with Gasteiger partial charge in [0.1, 0.15) is 12.4 Å². The van der Waals surface area contributed by atoms with Gasteiger partial charge in [0, 0.05) is 32.0 Å². The van der Waals surface area contributed by atoms with Gasteiger partial charge in [-0.25, -0.2) is 0 Å². The van der Waals surface area contributed by atoms with E-state index in [0.717, 1.165) is 24.8 Å². The van der Waals surface area contributed by atoms with E-state index >= 15 is 0 Å². The first-order chi connectivity index (χ1) is 10.4. The normalized spacial score (nSPS) is 22.0. The van der Waals surface area contributed by atoms with Gasteiger partial charge in [-0.1, -0.05) is 0 Å². The lowest BCUT2D eigenvalue weighted by Gasteiger charge is -2.33. The Hall–Kier alpha value is -1.88. The van der Waals surface area contributed by atoms with Crippen molar-refractivity contribution < 1.29 is 4.74 Å².